The third-order valence-corrected chi connectivity index (χ3v) is 4.31. The molecule has 0 atom stereocenters. The monoisotopic (exact) mass is 372 g/mol. The summed E-state index contributed by atoms with van der Waals surface area (Å²) >= 11 is 0. The average molecular weight is 372 g/mol. The van der Waals surface area contributed by atoms with Crippen LogP contribution < -0.4 is 10.1 Å². The van der Waals surface area contributed by atoms with Crippen molar-refractivity contribution in [3.05, 3.63) is 59.4 Å². The van der Waals surface area contributed by atoms with Gasteiger partial charge in [-0.05, 0) is 49.6 Å². The summed E-state index contributed by atoms with van der Waals surface area (Å²) in [5.74, 6) is -0.666. The maximum Gasteiger partial charge on any atom is 0.243 e. The summed E-state index contributed by atoms with van der Waals surface area (Å²) in [7, 11) is 1.59. The van der Waals surface area contributed by atoms with Crippen molar-refractivity contribution < 1.29 is 18.7 Å². The van der Waals surface area contributed by atoms with Gasteiger partial charge < -0.3 is 15.0 Å². The van der Waals surface area contributed by atoms with E-state index in [9.17, 15) is 14.0 Å². The minimum Gasteiger partial charge on any atom is -0.491 e. The fourth-order valence-electron chi connectivity index (χ4n) is 2.54. The minimum atomic E-state index is -0.427. The number of carbonyl (C=O) groups excluding carboxylic acids is 2. The first-order chi connectivity index (χ1) is 12.9. The molecule has 144 valence electrons. The second-order valence-electron chi connectivity index (χ2n) is 6.43. The number of halogens is 1. The average Bonchev–Trinajstić information content (AvgIpc) is 2.63. The van der Waals surface area contributed by atoms with Crippen LogP contribution in [0.3, 0.4) is 0 Å². The lowest BCUT2D eigenvalue weighted by Crippen LogP contribution is -2.35. The van der Waals surface area contributed by atoms with Crippen LogP contribution in [0.25, 0.3) is 0 Å². The summed E-state index contributed by atoms with van der Waals surface area (Å²) in [6.07, 6.45) is 0.665. The van der Waals surface area contributed by atoms with Crippen LogP contribution in [0.4, 0.5) is 10.1 Å². The molecule has 0 aliphatic rings. The highest BCUT2D eigenvalue weighted by Gasteiger charge is 2.14. The van der Waals surface area contributed by atoms with Crippen LogP contribution in [0.15, 0.2) is 42.5 Å². The molecule has 2 aromatic carbocycles. The molecule has 0 saturated heterocycles. The summed E-state index contributed by atoms with van der Waals surface area (Å²) in [5, 5.41) is 2.83. The van der Waals surface area contributed by atoms with E-state index in [2.05, 4.69) is 5.32 Å². The molecule has 2 amide bonds. The lowest BCUT2D eigenvalue weighted by Gasteiger charge is -2.18. The second kappa shape index (κ2) is 9.71. The van der Waals surface area contributed by atoms with Crippen molar-refractivity contribution in [2.45, 2.75) is 26.7 Å². The zero-order valence-electron chi connectivity index (χ0n) is 15.9. The standard InChI is InChI=1S/C21H25FN2O3/c1-15-8-6-10-18(16(15)2)23-20(25)14-24(3)21(26)12-7-13-27-19-11-5-4-9-17(19)22/h4-6,8-11H,7,12-14H2,1-3H3,(H,23,25). The third kappa shape index (κ3) is 6.09. The van der Waals surface area contributed by atoms with Gasteiger partial charge in [-0.15, -0.1) is 0 Å². The van der Waals surface area contributed by atoms with Gasteiger partial charge in [0.15, 0.2) is 11.6 Å². The van der Waals surface area contributed by atoms with Gasteiger partial charge in [0.2, 0.25) is 11.8 Å². The Bertz CT molecular complexity index is 808. The van der Waals surface area contributed by atoms with E-state index in [1.807, 2.05) is 32.0 Å². The largest absolute Gasteiger partial charge is 0.491 e. The summed E-state index contributed by atoms with van der Waals surface area (Å²) < 4.78 is 18.8. The van der Waals surface area contributed by atoms with Crippen molar-refractivity contribution in [1.82, 2.24) is 4.90 Å². The number of rotatable bonds is 8. The van der Waals surface area contributed by atoms with E-state index in [-0.39, 0.29) is 37.1 Å². The number of anilines is 1. The number of hydrogen-bond donors (Lipinski definition) is 1. The Hall–Kier alpha value is -2.89. The molecular weight excluding hydrogens is 347 g/mol. The SMILES string of the molecule is Cc1cccc(NC(=O)CN(C)C(=O)CCCOc2ccccc2F)c1C. The molecule has 27 heavy (non-hydrogen) atoms. The van der Waals surface area contributed by atoms with Crippen LogP contribution in [0.2, 0.25) is 0 Å². The Kier molecular flexibility index (Phi) is 7.34. The van der Waals surface area contributed by atoms with E-state index in [1.54, 1.807) is 25.2 Å². The van der Waals surface area contributed by atoms with Crippen LogP contribution in [-0.2, 0) is 9.59 Å². The first kappa shape index (κ1) is 20.4. The molecule has 6 heteroatoms. The van der Waals surface area contributed by atoms with Gasteiger partial charge in [0, 0.05) is 19.2 Å². The molecule has 1 N–H and O–H groups in total. The highest BCUT2D eigenvalue weighted by Crippen LogP contribution is 2.18. The molecule has 0 aliphatic carbocycles. The van der Waals surface area contributed by atoms with Crippen LogP contribution in [-0.4, -0.2) is 36.9 Å². The number of carbonyl (C=O) groups is 2. The molecule has 0 spiro atoms. The maximum atomic E-state index is 13.4. The fraction of sp³-hybridized carbons (Fsp3) is 0.333. The first-order valence-corrected chi connectivity index (χ1v) is 8.86. The number of amides is 2. The molecule has 2 aromatic rings. The Labute approximate surface area is 159 Å². The molecule has 0 aromatic heterocycles. The number of para-hydroxylation sites is 1. The Morgan fingerprint density at radius 2 is 1.85 bits per heavy atom. The van der Waals surface area contributed by atoms with Gasteiger partial charge in [-0.25, -0.2) is 4.39 Å². The number of hydrogen-bond acceptors (Lipinski definition) is 3. The summed E-state index contributed by atoms with van der Waals surface area (Å²) in [6.45, 7) is 4.12. The second-order valence-corrected chi connectivity index (χ2v) is 6.43. The van der Waals surface area contributed by atoms with E-state index in [1.165, 1.54) is 11.0 Å². The lowest BCUT2D eigenvalue weighted by atomic mass is 10.1. The third-order valence-electron chi connectivity index (χ3n) is 4.31. The number of benzene rings is 2. The van der Waals surface area contributed by atoms with Gasteiger partial charge in [-0.2, -0.15) is 0 Å². The Balaban J connectivity index is 1.74. The summed E-state index contributed by atoms with van der Waals surface area (Å²) in [4.78, 5) is 25.7. The van der Waals surface area contributed by atoms with Crippen molar-refractivity contribution >= 4 is 17.5 Å². The van der Waals surface area contributed by atoms with Crippen LogP contribution in [0.5, 0.6) is 5.75 Å². The lowest BCUT2D eigenvalue weighted by molar-refractivity contribution is -0.133. The smallest absolute Gasteiger partial charge is 0.243 e. The zero-order chi connectivity index (χ0) is 19.8. The number of nitrogens with one attached hydrogen (secondary N) is 1. The van der Waals surface area contributed by atoms with Gasteiger partial charge in [-0.3, -0.25) is 9.59 Å². The van der Waals surface area contributed by atoms with E-state index in [0.29, 0.717) is 6.42 Å². The molecule has 5 nitrogen and oxygen atoms in total. The molecular formula is C21H25FN2O3. The van der Waals surface area contributed by atoms with E-state index in [4.69, 9.17) is 4.74 Å². The van der Waals surface area contributed by atoms with Gasteiger partial charge in [0.05, 0.1) is 13.2 Å². The highest BCUT2D eigenvalue weighted by molar-refractivity contribution is 5.95. The van der Waals surface area contributed by atoms with E-state index >= 15 is 0 Å². The minimum absolute atomic E-state index is 0.0274. The van der Waals surface area contributed by atoms with Crippen LogP contribution in [0, 0.1) is 19.7 Å². The predicted octanol–water partition coefficient (Wildman–Crippen LogP) is 3.70. The molecule has 0 saturated carbocycles. The number of ether oxygens (including phenoxy) is 1. The van der Waals surface area contributed by atoms with Gasteiger partial charge in [-0.1, -0.05) is 24.3 Å². The van der Waals surface area contributed by atoms with Crippen molar-refractivity contribution in [3.8, 4) is 5.75 Å². The number of aryl methyl sites for hydroxylation is 1. The normalized spacial score (nSPS) is 10.4. The van der Waals surface area contributed by atoms with Crippen LogP contribution in [0.1, 0.15) is 24.0 Å². The molecule has 0 bridgehead atoms. The highest BCUT2D eigenvalue weighted by atomic mass is 19.1. The molecule has 0 unspecified atom stereocenters. The van der Waals surface area contributed by atoms with Crippen LogP contribution >= 0.6 is 0 Å². The fourth-order valence-corrected chi connectivity index (χ4v) is 2.54. The summed E-state index contributed by atoms with van der Waals surface area (Å²) in [5.41, 5.74) is 2.84. The Morgan fingerprint density at radius 1 is 1.11 bits per heavy atom. The zero-order valence-corrected chi connectivity index (χ0v) is 15.9. The maximum absolute atomic E-state index is 13.4. The quantitative estimate of drug-likeness (QED) is 0.719. The Morgan fingerprint density at radius 3 is 2.59 bits per heavy atom. The van der Waals surface area contributed by atoms with Crippen molar-refractivity contribution in [2.75, 3.05) is 25.5 Å². The van der Waals surface area contributed by atoms with Crippen molar-refractivity contribution in [3.63, 3.8) is 0 Å². The van der Waals surface area contributed by atoms with E-state index in [0.717, 1.165) is 16.8 Å². The van der Waals surface area contributed by atoms with E-state index < -0.39 is 5.82 Å². The van der Waals surface area contributed by atoms with Crippen molar-refractivity contribution in [2.24, 2.45) is 0 Å². The first-order valence-electron chi connectivity index (χ1n) is 8.86. The van der Waals surface area contributed by atoms with Gasteiger partial charge in [0.1, 0.15) is 0 Å². The number of likely N-dealkylation sites (N-methyl/N-ethyl adjacent to an activating group) is 1. The van der Waals surface area contributed by atoms with Gasteiger partial charge in [0.25, 0.3) is 0 Å². The molecule has 2 rings (SSSR count). The van der Waals surface area contributed by atoms with Crippen molar-refractivity contribution in [1.29, 1.82) is 0 Å². The van der Waals surface area contributed by atoms with Gasteiger partial charge >= 0.3 is 0 Å². The molecule has 0 radical (unpaired) electrons. The molecule has 0 aliphatic heterocycles. The topological polar surface area (TPSA) is 58.6 Å². The predicted molar refractivity (Wildman–Crippen MR) is 103 cm³/mol. The summed E-state index contributed by atoms with van der Waals surface area (Å²) in [6, 6.07) is 11.8. The molecule has 0 heterocycles. The molecule has 0 fully saturated rings. The number of nitrogens with zero attached hydrogens (tertiary/aromatic N) is 1.